The summed E-state index contributed by atoms with van der Waals surface area (Å²) in [6.07, 6.45) is 19.7. The molecule has 0 amide bonds. The van der Waals surface area contributed by atoms with Crippen molar-refractivity contribution < 1.29 is 19.8 Å². The summed E-state index contributed by atoms with van der Waals surface area (Å²) >= 11 is 0. The van der Waals surface area contributed by atoms with Crippen LogP contribution >= 0.6 is 0 Å². The van der Waals surface area contributed by atoms with Crippen LogP contribution < -0.4 is 0 Å². The van der Waals surface area contributed by atoms with Crippen molar-refractivity contribution in [1.29, 1.82) is 0 Å². The van der Waals surface area contributed by atoms with Gasteiger partial charge < -0.3 is 10.2 Å². The Labute approximate surface area is 170 Å². The molecule has 0 aliphatic heterocycles. The second-order valence-electron chi connectivity index (χ2n) is 10.2. The monoisotopic (exact) mass is 392 g/mol. The van der Waals surface area contributed by atoms with E-state index in [0.717, 1.165) is 75.0 Å². The highest BCUT2D eigenvalue weighted by molar-refractivity contribution is 5.70. The minimum atomic E-state index is -0.577. The molecule has 4 aliphatic rings. The molecule has 0 atom stereocenters. The highest BCUT2D eigenvalue weighted by Crippen LogP contribution is 2.39. The van der Waals surface area contributed by atoms with Gasteiger partial charge in [-0.15, -0.1) is 0 Å². The molecule has 0 bridgehead atoms. The van der Waals surface area contributed by atoms with Crippen molar-refractivity contribution in [2.75, 3.05) is 0 Å². The van der Waals surface area contributed by atoms with Crippen LogP contribution in [-0.2, 0) is 9.59 Å². The van der Waals surface area contributed by atoms with Gasteiger partial charge in [0.2, 0.25) is 0 Å². The maximum atomic E-state index is 10.8. The molecular formula is C24H40O4. The largest absolute Gasteiger partial charge is 0.481 e. The van der Waals surface area contributed by atoms with E-state index in [4.69, 9.17) is 10.2 Å². The van der Waals surface area contributed by atoms with E-state index in [-0.39, 0.29) is 11.8 Å². The number of aliphatic carboxylic acids is 2. The molecule has 0 aromatic rings. The van der Waals surface area contributed by atoms with Crippen molar-refractivity contribution in [1.82, 2.24) is 0 Å². The third-order valence-electron chi connectivity index (χ3n) is 8.17. The Kier molecular flexibility index (Phi) is 8.23. The predicted molar refractivity (Wildman–Crippen MR) is 110 cm³/mol. The van der Waals surface area contributed by atoms with Crippen LogP contribution in [0.5, 0.6) is 0 Å². The predicted octanol–water partition coefficient (Wildman–Crippen LogP) is 6.14. The lowest BCUT2D eigenvalue weighted by atomic mass is 9.73. The number of rotatable bonds is 6. The quantitative estimate of drug-likeness (QED) is 0.570. The van der Waals surface area contributed by atoms with E-state index in [1.807, 2.05) is 0 Å². The SMILES string of the molecule is O=C(O)C1CCC(CC2CCC2)CC1.O=C(O)C1CCC(CC2CCC2)CC1. The van der Waals surface area contributed by atoms with Crippen LogP contribution in [0.3, 0.4) is 0 Å². The maximum Gasteiger partial charge on any atom is 0.306 e. The van der Waals surface area contributed by atoms with Gasteiger partial charge in [-0.2, -0.15) is 0 Å². The highest BCUT2D eigenvalue weighted by Gasteiger charge is 2.30. The number of carboxylic acid groups (broad SMARTS) is 2. The zero-order valence-corrected chi connectivity index (χ0v) is 17.5. The molecule has 0 saturated heterocycles. The van der Waals surface area contributed by atoms with Gasteiger partial charge in [0.05, 0.1) is 11.8 Å². The van der Waals surface area contributed by atoms with E-state index >= 15 is 0 Å². The Morgan fingerprint density at radius 1 is 0.500 bits per heavy atom. The first-order valence-corrected chi connectivity index (χ1v) is 12.0. The summed E-state index contributed by atoms with van der Waals surface area (Å²) in [5.74, 6) is 2.44. The fourth-order valence-electron chi connectivity index (χ4n) is 5.69. The third kappa shape index (κ3) is 6.49. The van der Waals surface area contributed by atoms with Gasteiger partial charge in [-0.3, -0.25) is 9.59 Å². The second kappa shape index (κ2) is 10.6. The molecule has 4 fully saturated rings. The van der Waals surface area contributed by atoms with E-state index < -0.39 is 11.9 Å². The molecule has 0 aromatic heterocycles. The van der Waals surface area contributed by atoms with E-state index in [1.54, 1.807) is 0 Å². The Hall–Kier alpha value is -1.06. The van der Waals surface area contributed by atoms with Crippen LogP contribution in [0.25, 0.3) is 0 Å². The van der Waals surface area contributed by atoms with Gasteiger partial charge in [0.1, 0.15) is 0 Å². The van der Waals surface area contributed by atoms with Crippen LogP contribution in [-0.4, -0.2) is 22.2 Å². The zero-order chi connectivity index (χ0) is 19.9. The number of hydrogen-bond donors (Lipinski definition) is 2. The number of carboxylic acids is 2. The lowest BCUT2D eigenvalue weighted by Crippen LogP contribution is -2.24. The Balaban J connectivity index is 0.000000161. The first-order chi connectivity index (χ1) is 13.5. The van der Waals surface area contributed by atoms with Gasteiger partial charge in [0, 0.05) is 0 Å². The molecule has 0 radical (unpaired) electrons. The third-order valence-corrected chi connectivity index (χ3v) is 8.17. The van der Waals surface area contributed by atoms with Gasteiger partial charge >= 0.3 is 11.9 Å². The minimum Gasteiger partial charge on any atom is -0.481 e. The summed E-state index contributed by atoms with van der Waals surface area (Å²) in [6.45, 7) is 0. The van der Waals surface area contributed by atoms with E-state index in [9.17, 15) is 9.59 Å². The van der Waals surface area contributed by atoms with Crippen molar-refractivity contribution in [2.45, 2.75) is 103 Å². The van der Waals surface area contributed by atoms with Gasteiger partial charge in [0.15, 0.2) is 0 Å². The van der Waals surface area contributed by atoms with Crippen LogP contribution in [0.15, 0.2) is 0 Å². The minimum absolute atomic E-state index is 0.0346. The standard InChI is InChI=1S/2C12H20O2/c2*13-12(14)11-6-4-10(5-7-11)8-9-2-1-3-9/h2*9-11H,1-8H2,(H,13,14). The lowest BCUT2D eigenvalue weighted by Gasteiger charge is -2.33. The first-order valence-electron chi connectivity index (χ1n) is 12.0. The van der Waals surface area contributed by atoms with Gasteiger partial charge in [-0.25, -0.2) is 0 Å². The molecule has 0 spiro atoms. The fraction of sp³-hybridized carbons (Fsp3) is 0.917. The smallest absolute Gasteiger partial charge is 0.306 e. The molecule has 4 heteroatoms. The summed E-state index contributed by atoms with van der Waals surface area (Å²) < 4.78 is 0. The van der Waals surface area contributed by atoms with E-state index in [0.29, 0.717) is 0 Å². The lowest BCUT2D eigenvalue weighted by molar-refractivity contribution is -0.144. The molecule has 160 valence electrons. The fourth-order valence-corrected chi connectivity index (χ4v) is 5.69. The Morgan fingerprint density at radius 3 is 1.00 bits per heavy atom. The van der Waals surface area contributed by atoms with Crippen LogP contribution in [0, 0.1) is 35.5 Å². The van der Waals surface area contributed by atoms with Crippen LogP contribution in [0.2, 0.25) is 0 Å². The van der Waals surface area contributed by atoms with Crippen molar-refractivity contribution in [3.8, 4) is 0 Å². The molecule has 0 aromatic carbocycles. The van der Waals surface area contributed by atoms with Gasteiger partial charge in [-0.1, -0.05) is 38.5 Å². The van der Waals surface area contributed by atoms with Crippen molar-refractivity contribution in [2.24, 2.45) is 35.5 Å². The topological polar surface area (TPSA) is 74.6 Å². The molecule has 4 nitrogen and oxygen atoms in total. The molecule has 0 unspecified atom stereocenters. The Bertz CT molecular complexity index is 447. The summed E-state index contributed by atoms with van der Waals surface area (Å²) in [5.41, 5.74) is 0. The summed E-state index contributed by atoms with van der Waals surface area (Å²) in [5, 5.41) is 17.7. The van der Waals surface area contributed by atoms with Crippen LogP contribution in [0.4, 0.5) is 0 Å². The number of carbonyl (C=O) groups is 2. The first kappa shape index (κ1) is 21.6. The maximum absolute atomic E-state index is 10.8. The second-order valence-corrected chi connectivity index (χ2v) is 10.2. The summed E-state index contributed by atoms with van der Waals surface area (Å²) in [6, 6.07) is 0. The van der Waals surface area contributed by atoms with Gasteiger partial charge in [0.25, 0.3) is 0 Å². The van der Waals surface area contributed by atoms with Gasteiger partial charge in [-0.05, 0) is 87.9 Å². The molecular weight excluding hydrogens is 352 g/mol. The van der Waals surface area contributed by atoms with Crippen molar-refractivity contribution in [3.63, 3.8) is 0 Å². The van der Waals surface area contributed by atoms with Crippen molar-refractivity contribution >= 4 is 11.9 Å². The molecule has 4 rings (SSSR count). The van der Waals surface area contributed by atoms with Crippen LogP contribution in [0.1, 0.15) is 103 Å². The average Bonchev–Trinajstić information content (AvgIpc) is 2.62. The highest BCUT2D eigenvalue weighted by atomic mass is 16.4. The zero-order valence-electron chi connectivity index (χ0n) is 17.5. The summed E-state index contributed by atoms with van der Waals surface area (Å²) in [7, 11) is 0. The van der Waals surface area contributed by atoms with E-state index in [2.05, 4.69) is 0 Å². The Morgan fingerprint density at radius 2 is 0.786 bits per heavy atom. The molecule has 2 N–H and O–H groups in total. The van der Waals surface area contributed by atoms with Crippen molar-refractivity contribution in [3.05, 3.63) is 0 Å². The van der Waals surface area contributed by atoms with E-state index in [1.165, 1.54) is 51.4 Å². The molecule has 4 saturated carbocycles. The summed E-state index contributed by atoms with van der Waals surface area (Å²) in [4.78, 5) is 21.5. The molecule has 28 heavy (non-hydrogen) atoms. The average molecular weight is 393 g/mol. The molecule has 4 aliphatic carbocycles. The normalized spacial score (nSPS) is 33.7. The number of hydrogen-bond acceptors (Lipinski definition) is 2. The molecule has 0 heterocycles.